The number of non-ortho nitro benzene ring substituents is 1. The number of nitro benzene ring substituents is 1. The van der Waals surface area contributed by atoms with Crippen molar-refractivity contribution in [3.63, 3.8) is 0 Å². The zero-order valence-electron chi connectivity index (χ0n) is 15.7. The first kappa shape index (κ1) is 21.4. The number of hydrogen-bond acceptors (Lipinski definition) is 10. The number of hydrogen-bond donors (Lipinski definition) is 3. The molecule has 12 heteroatoms. The molecule has 1 aliphatic rings. The first-order chi connectivity index (χ1) is 14.3. The van der Waals surface area contributed by atoms with E-state index in [1.807, 2.05) is 0 Å². The molecule has 160 valence electrons. The number of nitro groups is 1. The number of rotatable bonds is 7. The highest BCUT2D eigenvalue weighted by Crippen LogP contribution is 2.35. The van der Waals surface area contributed by atoms with Crippen LogP contribution < -0.4 is 11.4 Å². The van der Waals surface area contributed by atoms with E-state index in [9.17, 15) is 29.9 Å². The Bertz CT molecular complexity index is 992. The molecule has 3 atom stereocenters. The van der Waals surface area contributed by atoms with Crippen LogP contribution in [0.2, 0.25) is 0 Å². The molecule has 12 nitrogen and oxygen atoms in total. The van der Waals surface area contributed by atoms with Gasteiger partial charge in [-0.2, -0.15) is 4.98 Å². The highest BCUT2D eigenvalue weighted by molar-refractivity contribution is 5.77. The molecule has 4 N–H and O–H groups in total. The summed E-state index contributed by atoms with van der Waals surface area (Å²) in [6, 6.07) is 7.03. The van der Waals surface area contributed by atoms with Gasteiger partial charge in [-0.05, 0) is 11.6 Å². The second-order valence-electron chi connectivity index (χ2n) is 6.71. The van der Waals surface area contributed by atoms with Crippen molar-refractivity contribution in [2.45, 2.75) is 30.8 Å². The minimum atomic E-state index is -2.01. The average molecular weight is 420 g/mol. The smallest absolute Gasteiger partial charge is 0.360 e. The number of esters is 1. The third kappa shape index (κ3) is 4.15. The standard InChI is InChI=1S/C18H20N4O8/c19-15-5-7-21(17(26)20-15)18(9-13(24)14(10-23)30-18)16(25)29-8-6-11-1-3-12(4-2-11)22(27)28/h1-5,7,13-14,23-24H,6,8-10H2,(H2,19,20,26)/t13-,14+,18-/m0/s1. The third-order valence-corrected chi connectivity index (χ3v) is 4.75. The number of anilines is 1. The number of nitrogens with zero attached hydrogens (tertiary/aromatic N) is 3. The summed E-state index contributed by atoms with van der Waals surface area (Å²) in [7, 11) is 0. The molecule has 1 aliphatic heterocycles. The van der Waals surface area contributed by atoms with E-state index in [0.29, 0.717) is 5.56 Å². The molecule has 0 bridgehead atoms. The summed E-state index contributed by atoms with van der Waals surface area (Å²) >= 11 is 0. The van der Waals surface area contributed by atoms with Gasteiger partial charge in [0.25, 0.3) is 11.4 Å². The molecule has 2 heterocycles. The van der Waals surface area contributed by atoms with Crippen LogP contribution in [-0.4, -0.2) is 56.1 Å². The van der Waals surface area contributed by atoms with Crippen molar-refractivity contribution < 1.29 is 29.4 Å². The molecule has 1 aromatic carbocycles. The molecule has 0 unspecified atom stereocenters. The monoisotopic (exact) mass is 420 g/mol. The topological polar surface area (TPSA) is 180 Å². The number of aliphatic hydroxyl groups is 2. The Kier molecular flexibility index (Phi) is 6.10. The number of benzene rings is 1. The molecule has 1 aromatic heterocycles. The van der Waals surface area contributed by atoms with Gasteiger partial charge in [0.1, 0.15) is 11.9 Å². The van der Waals surface area contributed by atoms with Gasteiger partial charge >= 0.3 is 11.7 Å². The lowest BCUT2D eigenvalue weighted by Crippen LogP contribution is -2.49. The van der Waals surface area contributed by atoms with E-state index in [1.54, 1.807) is 0 Å². The van der Waals surface area contributed by atoms with E-state index in [4.69, 9.17) is 15.2 Å². The molecule has 0 amide bonds. The molecule has 0 aliphatic carbocycles. The van der Waals surface area contributed by atoms with E-state index in [0.717, 1.165) is 4.57 Å². The second-order valence-corrected chi connectivity index (χ2v) is 6.71. The molecule has 0 spiro atoms. The summed E-state index contributed by atoms with van der Waals surface area (Å²) in [6.45, 7) is -0.686. The zero-order chi connectivity index (χ0) is 21.9. The number of ether oxygens (including phenoxy) is 2. The van der Waals surface area contributed by atoms with Crippen LogP contribution in [0.5, 0.6) is 0 Å². The maximum absolute atomic E-state index is 12.9. The Morgan fingerprint density at radius 3 is 2.67 bits per heavy atom. The zero-order valence-corrected chi connectivity index (χ0v) is 15.7. The largest absolute Gasteiger partial charge is 0.462 e. The highest BCUT2D eigenvalue weighted by Gasteiger charge is 2.54. The summed E-state index contributed by atoms with van der Waals surface area (Å²) in [4.78, 5) is 39.0. The molecule has 3 rings (SSSR count). The van der Waals surface area contributed by atoms with Crippen LogP contribution in [0.3, 0.4) is 0 Å². The highest BCUT2D eigenvalue weighted by atomic mass is 16.6. The third-order valence-electron chi connectivity index (χ3n) is 4.75. The molecular weight excluding hydrogens is 400 g/mol. The maximum atomic E-state index is 12.9. The molecule has 1 saturated heterocycles. The predicted molar refractivity (Wildman–Crippen MR) is 101 cm³/mol. The lowest BCUT2D eigenvalue weighted by atomic mass is 10.1. The summed E-state index contributed by atoms with van der Waals surface area (Å²) in [5, 5.41) is 30.2. The molecule has 0 saturated carbocycles. The normalized spacial score (nSPS) is 23.3. The average Bonchev–Trinajstić information content (AvgIpc) is 3.05. The van der Waals surface area contributed by atoms with Gasteiger partial charge in [0.2, 0.25) is 0 Å². The fourth-order valence-electron chi connectivity index (χ4n) is 3.19. The van der Waals surface area contributed by atoms with E-state index >= 15 is 0 Å². The minimum Gasteiger partial charge on any atom is -0.462 e. The molecule has 0 radical (unpaired) electrons. The van der Waals surface area contributed by atoms with Crippen molar-refractivity contribution in [1.29, 1.82) is 0 Å². The lowest BCUT2D eigenvalue weighted by Gasteiger charge is -2.28. The Morgan fingerprint density at radius 2 is 2.10 bits per heavy atom. The van der Waals surface area contributed by atoms with Crippen molar-refractivity contribution in [1.82, 2.24) is 9.55 Å². The maximum Gasteiger partial charge on any atom is 0.360 e. The van der Waals surface area contributed by atoms with Crippen molar-refractivity contribution in [2.75, 3.05) is 18.9 Å². The Balaban J connectivity index is 1.78. The van der Waals surface area contributed by atoms with Gasteiger partial charge in [-0.3, -0.25) is 14.7 Å². The van der Waals surface area contributed by atoms with Gasteiger partial charge in [0.15, 0.2) is 0 Å². The Morgan fingerprint density at radius 1 is 1.40 bits per heavy atom. The van der Waals surface area contributed by atoms with Crippen LogP contribution in [0.1, 0.15) is 12.0 Å². The van der Waals surface area contributed by atoms with Crippen molar-refractivity contribution in [2.24, 2.45) is 0 Å². The quantitative estimate of drug-likeness (QED) is 0.295. The molecule has 2 aromatic rings. The summed E-state index contributed by atoms with van der Waals surface area (Å²) in [5.41, 5.74) is 3.22. The first-order valence-corrected chi connectivity index (χ1v) is 9.00. The lowest BCUT2D eigenvalue weighted by molar-refractivity contribution is -0.384. The summed E-state index contributed by atoms with van der Waals surface area (Å²) in [5.74, 6) is -1.01. The number of aromatic nitrogens is 2. The van der Waals surface area contributed by atoms with Crippen LogP contribution in [0.4, 0.5) is 11.5 Å². The van der Waals surface area contributed by atoms with Gasteiger partial charge in [-0.15, -0.1) is 0 Å². The fraction of sp³-hybridized carbons (Fsp3) is 0.389. The first-order valence-electron chi connectivity index (χ1n) is 9.00. The van der Waals surface area contributed by atoms with Crippen LogP contribution in [-0.2, 0) is 26.4 Å². The summed E-state index contributed by atoms with van der Waals surface area (Å²) < 4.78 is 11.7. The van der Waals surface area contributed by atoms with E-state index in [1.165, 1.54) is 36.5 Å². The Labute approximate surface area is 169 Å². The van der Waals surface area contributed by atoms with E-state index in [-0.39, 0.29) is 31.0 Å². The van der Waals surface area contributed by atoms with E-state index in [2.05, 4.69) is 4.98 Å². The number of nitrogen functional groups attached to an aromatic ring is 1. The van der Waals surface area contributed by atoms with Crippen molar-refractivity contribution >= 4 is 17.5 Å². The Hall–Kier alpha value is -3.35. The van der Waals surface area contributed by atoms with Crippen LogP contribution in [0.25, 0.3) is 0 Å². The fourth-order valence-corrected chi connectivity index (χ4v) is 3.19. The SMILES string of the molecule is Nc1ccn([C@@]2(C(=O)OCCc3ccc([N+](=O)[O-])cc3)C[C@H](O)[C@@H](CO)O2)c(=O)n1. The predicted octanol–water partition coefficient (Wildman–Crippen LogP) is -0.686. The van der Waals surface area contributed by atoms with Crippen molar-refractivity contribution in [3.05, 3.63) is 62.7 Å². The number of carbonyl (C=O) groups is 1. The minimum absolute atomic E-state index is 0.0600. The molecular formula is C18H20N4O8. The van der Waals surface area contributed by atoms with Gasteiger partial charge in [0, 0.05) is 31.2 Å². The van der Waals surface area contributed by atoms with Crippen LogP contribution in [0, 0.1) is 10.1 Å². The number of carbonyl (C=O) groups excluding carboxylic acids is 1. The van der Waals surface area contributed by atoms with Gasteiger partial charge in [-0.25, -0.2) is 9.59 Å². The number of nitrogens with two attached hydrogens (primary N) is 1. The van der Waals surface area contributed by atoms with Gasteiger partial charge < -0.3 is 25.4 Å². The van der Waals surface area contributed by atoms with Crippen LogP contribution in [0.15, 0.2) is 41.3 Å². The van der Waals surface area contributed by atoms with E-state index < -0.39 is 41.1 Å². The van der Waals surface area contributed by atoms with Gasteiger partial charge in [0.05, 0.1) is 24.2 Å². The molecule has 30 heavy (non-hydrogen) atoms. The van der Waals surface area contributed by atoms with Gasteiger partial charge in [-0.1, -0.05) is 12.1 Å². The summed E-state index contributed by atoms with van der Waals surface area (Å²) in [6.07, 6.45) is -1.20. The second kappa shape index (κ2) is 8.57. The number of aliphatic hydroxyl groups excluding tert-OH is 2. The van der Waals surface area contributed by atoms with Crippen LogP contribution >= 0.6 is 0 Å². The van der Waals surface area contributed by atoms with Crippen molar-refractivity contribution in [3.8, 4) is 0 Å². The molecule has 1 fully saturated rings.